The maximum absolute atomic E-state index is 11.5. The molecule has 2 aliphatic rings. The molecule has 1 nitrogen and oxygen atoms in total. The van der Waals surface area contributed by atoms with E-state index >= 15 is 0 Å². The van der Waals surface area contributed by atoms with Gasteiger partial charge in [-0.25, -0.2) is 0 Å². The van der Waals surface area contributed by atoms with Gasteiger partial charge in [0.1, 0.15) is 0 Å². The van der Waals surface area contributed by atoms with Gasteiger partial charge in [-0.15, -0.1) is 0 Å². The second kappa shape index (κ2) is 3.79. The van der Waals surface area contributed by atoms with Crippen molar-refractivity contribution in [3.63, 3.8) is 0 Å². The minimum Gasteiger partial charge on any atom is -0.290 e. The monoisotopic (exact) mass is 244 g/mol. The summed E-state index contributed by atoms with van der Waals surface area (Å²) < 4.78 is 0. The highest BCUT2D eigenvalue weighted by Gasteiger charge is 2.06. The molecule has 0 saturated heterocycles. The van der Waals surface area contributed by atoms with Gasteiger partial charge in [0.05, 0.1) is 0 Å². The number of fused-ring (bicyclic) bond motifs is 4. The van der Waals surface area contributed by atoms with Crippen LogP contribution in [0.25, 0.3) is 35.1 Å². The number of ketones is 1. The molecule has 0 bridgehead atoms. The first-order chi connectivity index (χ1) is 9.31. The van der Waals surface area contributed by atoms with Crippen molar-refractivity contribution in [3.8, 4) is 0 Å². The van der Waals surface area contributed by atoms with Crippen LogP contribution < -0.4 is 10.4 Å². The molecule has 0 aliphatic heterocycles. The van der Waals surface area contributed by atoms with E-state index in [9.17, 15) is 4.79 Å². The number of benzene rings is 2. The molecule has 1 heteroatoms. The number of hydrogen-bond acceptors (Lipinski definition) is 1. The molecule has 0 fully saturated rings. The van der Waals surface area contributed by atoms with Gasteiger partial charge in [0.25, 0.3) is 0 Å². The van der Waals surface area contributed by atoms with Crippen molar-refractivity contribution in [1.29, 1.82) is 0 Å². The van der Waals surface area contributed by atoms with E-state index in [0.717, 1.165) is 17.2 Å². The lowest BCUT2D eigenvalue weighted by Gasteiger charge is -2.09. The molecule has 2 aromatic carbocycles. The molecule has 0 unspecified atom stereocenters. The van der Waals surface area contributed by atoms with Crippen LogP contribution in [-0.2, 0) is 4.79 Å². The molecule has 0 spiro atoms. The lowest BCUT2D eigenvalue weighted by atomic mass is 9.95. The smallest absolute Gasteiger partial charge is 0.179 e. The Morgan fingerprint density at radius 3 is 2.84 bits per heavy atom. The molecule has 2 aromatic rings. The molecule has 0 atom stereocenters. The molecular weight excluding hydrogens is 232 g/mol. The van der Waals surface area contributed by atoms with Gasteiger partial charge in [-0.05, 0) is 63.0 Å². The Balaban J connectivity index is 2.18. The molecule has 0 N–H and O–H groups in total. The van der Waals surface area contributed by atoms with Gasteiger partial charge < -0.3 is 0 Å². The van der Waals surface area contributed by atoms with Gasteiger partial charge in [0.15, 0.2) is 5.78 Å². The van der Waals surface area contributed by atoms with E-state index in [0.29, 0.717) is 0 Å². The van der Waals surface area contributed by atoms with Crippen LogP contribution in [0.5, 0.6) is 0 Å². The Hall–Kier alpha value is -2.41. The summed E-state index contributed by atoms with van der Waals surface area (Å²) in [4.78, 5) is 11.5. The van der Waals surface area contributed by atoms with E-state index in [-0.39, 0.29) is 5.78 Å². The van der Waals surface area contributed by atoms with Crippen LogP contribution in [0.4, 0.5) is 0 Å². The number of carbonyl (C=O) groups is 1. The summed E-state index contributed by atoms with van der Waals surface area (Å²) in [6.07, 6.45) is 12.8. The van der Waals surface area contributed by atoms with Crippen molar-refractivity contribution in [2.45, 2.75) is 6.42 Å². The fourth-order valence-corrected chi connectivity index (χ4v) is 2.84. The van der Waals surface area contributed by atoms with Crippen LogP contribution in [0.3, 0.4) is 0 Å². The van der Waals surface area contributed by atoms with Crippen LogP contribution in [0.15, 0.2) is 36.4 Å². The molecule has 0 aromatic heterocycles. The maximum Gasteiger partial charge on any atom is 0.179 e. The Bertz CT molecular complexity index is 895. The fourth-order valence-electron chi connectivity index (χ4n) is 2.84. The lowest BCUT2D eigenvalue weighted by Crippen LogP contribution is -2.16. The highest BCUT2D eigenvalue weighted by atomic mass is 16.1. The van der Waals surface area contributed by atoms with E-state index in [1.165, 1.54) is 21.6 Å². The summed E-state index contributed by atoms with van der Waals surface area (Å²) in [5, 5.41) is 4.78. The Kier molecular flexibility index (Phi) is 2.10. The minimum atomic E-state index is 0.0699. The first-order valence-electron chi connectivity index (χ1n) is 6.48. The molecule has 0 saturated carbocycles. The van der Waals surface area contributed by atoms with E-state index in [2.05, 4.69) is 42.5 Å². The number of carbonyl (C=O) groups excluding carboxylic acids is 1. The normalized spacial score (nSPS) is 15.7. The van der Waals surface area contributed by atoms with Crippen molar-refractivity contribution >= 4 is 40.9 Å². The van der Waals surface area contributed by atoms with Crippen LogP contribution in [-0.4, -0.2) is 5.78 Å². The summed E-state index contributed by atoms with van der Waals surface area (Å²) in [7, 11) is 0. The third kappa shape index (κ3) is 1.59. The van der Waals surface area contributed by atoms with Gasteiger partial charge >= 0.3 is 0 Å². The van der Waals surface area contributed by atoms with Crippen molar-refractivity contribution in [3.05, 3.63) is 58.0 Å². The van der Waals surface area contributed by atoms with E-state index < -0.39 is 0 Å². The summed E-state index contributed by atoms with van der Waals surface area (Å²) in [6, 6.07) is 8.62. The molecule has 0 heterocycles. The van der Waals surface area contributed by atoms with E-state index in [1.807, 2.05) is 6.08 Å². The van der Waals surface area contributed by atoms with Crippen LogP contribution in [0.1, 0.15) is 17.5 Å². The number of hydrogen-bond donors (Lipinski definition) is 0. The third-order valence-corrected chi connectivity index (χ3v) is 3.78. The first kappa shape index (κ1) is 10.5. The zero-order valence-corrected chi connectivity index (χ0v) is 10.4. The molecular formula is C18H12O. The molecule has 2 aliphatic carbocycles. The third-order valence-electron chi connectivity index (χ3n) is 3.78. The standard InChI is InChI=1S/C18H12O/c19-16-8-7-13-9-14-6-5-12-3-1-2-4-17(12)18(14)11-15(13)10-16/h1,3-11H,2H2. The predicted octanol–water partition coefficient (Wildman–Crippen LogP) is 2.41. The van der Waals surface area contributed by atoms with Crippen molar-refractivity contribution in [2.24, 2.45) is 0 Å². The average molecular weight is 244 g/mol. The quantitative estimate of drug-likeness (QED) is 0.695. The second-order valence-corrected chi connectivity index (χ2v) is 4.99. The summed E-state index contributed by atoms with van der Waals surface area (Å²) >= 11 is 0. The Morgan fingerprint density at radius 1 is 0.947 bits per heavy atom. The van der Waals surface area contributed by atoms with Crippen LogP contribution >= 0.6 is 0 Å². The van der Waals surface area contributed by atoms with Crippen LogP contribution in [0.2, 0.25) is 0 Å². The zero-order chi connectivity index (χ0) is 12.8. The van der Waals surface area contributed by atoms with Crippen molar-refractivity contribution < 1.29 is 4.79 Å². The summed E-state index contributed by atoms with van der Waals surface area (Å²) in [6.45, 7) is 0. The van der Waals surface area contributed by atoms with Gasteiger partial charge in [0, 0.05) is 0 Å². The highest BCUT2D eigenvalue weighted by Crippen LogP contribution is 2.16. The molecule has 4 rings (SSSR count). The minimum absolute atomic E-state index is 0.0699. The largest absolute Gasteiger partial charge is 0.290 e. The fraction of sp³-hybridized carbons (Fsp3) is 0.0556. The lowest BCUT2D eigenvalue weighted by molar-refractivity contribution is -0.109. The molecule has 19 heavy (non-hydrogen) atoms. The van der Waals surface area contributed by atoms with Gasteiger partial charge in [-0.1, -0.05) is 36.4 Å². The van der Waals surface area contributed by atoms with Gasteiger partial charge in [0.2, 0.25) is 0 Å². The molecule has 90 valence electrons. The average Bonchev–Trinajstić information content (AvgIpc) is 2.45. The first-order valence-corrected chi connectivity index (χ1v) is 6.48. The Morgan fingerprint density at radius 2 is 1.89 bits per heavy atom. The number of allylic oxidation sites excluding steroid dienone is 2. The molecule has 0 amide bonds. The second-order valence-electron chi connectivity index (χ2n) is 4.99. The maximum atomic E-state index is 11.5. The van der Waals surface area contributed by atoms with Crippen molar-refractivity contribution in [1.82, 2.24) is 0 Å². The van der Waals surface area contributed by atoms with Crippen molar-refractivity contribution in [2.75, 3.05) is 0 Å². The Labute approximate surface area is 110 Å². The molecule has 0 radical (unpaired) electrons. The van der Waals surface area contributed by atoms with Gasteiger partial charge in [-0.2, -0.15) is 0 Å². The van der Waals surface area contributed by atoms with Gasteiger partial charge in [-0.3, -0.25) is 4.79 Å². The predicted molar refractivity (Wildman–Crippen MR) is 79.8 cm³/mol. The zero-order valence-electron chi connectivity index (χ0n) is 10.4. The number of rotatable bonds is 0. The van der Waals surface area contributed by atoms with E-state index in [4.69, 9.17) is 0 Å². The van der Waals surface area contributed by atoms with Crippen LogP contribution in [0, 0.1) is 0 Å². The topological polar surface area (TPSA) is 17.1 Å². The van der Waals surface area contributed by atoms with E-state index in [1.54, 1.807) is 12.2 Å². The summed E-state index contributed by atoms with van der Waals surface area (Å²) in [5.74, 6) is 0.0699. The SMILES string of the molecule is O=C1C=Cc2cc3ccc4c(c3cc2=C1)=CCC=C4. The highest BCUT2D eigenvalue weighted by molar-refractivity contribution is 6.17. The summed E-state index contributed by atoms with van der Waals surface area (Å²) in [5.41, 5.74) is 2.38.